The number of rotatable bonds is 15. The van der Waals surface area contributed by atoms with Crippen LogP contribution in [0.4, 0.5) is 0 Å². The highest BCUT2D eigenvalue weighted by molar-refractivity contribution is 5.47. The second-order valence-electron chi connectivity index (χ2n) is 8.48. The predicted octanol–water partition coefficient (Wildman–Crippen LogP) is 6.19. The summed E-state index contributed by atoms with van der Waals surface area (Å²) in [5.41, 5.74) is 0.506. The standard InChI is InChI=1S/C25H42N2O2/c1-7-8-9-10-11-12-17-27(4)18-13-16-25(20-26,21(2)3)22-14-15-23(28-5)24(19-22)29-6/h14-15,19,21H,7-13,16-18H2,1-6H3. The molecule has 1 unspecified atom stereocenters. The summed E-state index contributed by atoms with van der Waals surface area (Å²) in [4.78, 5) is 2.41. The van der Waals surface area contributed by atoms with Crippen molar-refractivity contribution in [3.8, 4) is 17.6 Å². The molecule has 29 heavy (non-hydrogen) atoms. The zero-order chi connectivity index (χ0) is 21.7. The molecule has 0 aliphatic heterocycles. The van der Waals surface area contributed by atoms with Crippen LogP contribution in [0.15, 0.2) is 18.2 Å². The van der Waals surface area contributed by atoms with Crippen molar-refractivity contribution in [1.29, 1.82) is 5.26 Å². The van der Waals surface area contributed by atoms with Crippen LogP contribution in [-0.2, 0) is 5.41 Å². The molecule has 0 radical (unpaired) electrons. The Morgan fingerprint density at radius 2 is 1.59 bits per heavy atom. The average Bonchev–Trinajstić information content (AvgIpc) is 2.73. The number of methoxy groups -OCH3 is 2. The molecule has 0 spiro atoms. The van der Waals surface area contributed by atoms with Gasteiger partial charge < -0.3 is 14.4 Å². The molecule has 0 amide bonds. The summed E-state index contributed by atoms with van der Waals surface area (Å²) in [6, 6.07) is 8.55. The lowest BCUT2D eigenvalue weighted by Gasteiger charge is -2.32. The SMILES string of the molecule is CCCCCCCCN(C)CCCC(C#N)(c1ccc(OC)c(OC)c1)C(C)C. The first-order chi connectivity index (χ1) is 13.9. The summed E-state index contributed by atoms with van der Waals surface area (Å²) in [6.45, 7) is 8.70. The van der Waals surface area contributed by atoms with Crippen molar-refractivity contribution in [2.75, 3.05) is 34.4 Å². The average molecular weight is 403 g/mol. The van der Waals surface area contributed by atoms with Gasteiger partial charge in [-0.1, -0.05) is 58.9 Å². The number of nitriles is 1. The molecule has 1 aromatic carbocycles. The van der Waals surface area contributed by atoms with Crippen LogP contribution in [0.5, 0.6) is 11.5 Å². The van der Waals surface area contributed by atoms with Gasteiger partial charge in [0.2, 0.25) is 0 Å². The van der Waals surface area contributed by atoms with Crippen LogP contribution in [0.3, 0.4) is 0 Å². The second kappa shape index (κ2) is 13.5. The molecule has 1 rings (SSSR count). The molecule has 4 heteroatoms. The minimum atomic E-state index is -0.513. The van der Waals surface area contributed by atoms with Crippen LogP contribution in [0.1, 0.15) is 77.7 Å². The molecular formula is C25H42N2O2. The van der Waals surface area contributed by atoms with Crippen molar-refractivity contribution in [2.45, 2.75) is 77.6 Å². The minimum Gasteiger partial charge on any atom is -0.493 e. The van der Waals surface area contributed by atoms with Crippen LogP contribution in [0, 0.1) is 17.2 Å². The molecule has 0 aliphatic carbocycles. The molecule has 4 nitrogen and oxygen atoms in total. The van der Waals surface area contributed by atoms with Crippen molar-refractivity contribution in [3.05, 3.63) is 23.8 Å². The van der Waals surface area contributed by atoms with Gasteiger partial charge in [-0.3, -0.25) is 0 Å². The lowest BCUT2D eigenvalue weighted by Crippen LogP contribution is -2.32. The van der Waals surface area contributed by atoms with Crippen LogP contribution >= 0.6 is 0 Å². The molecule has 0 saturated carbocycles. The maximum atomic E-state index is 10.2. The third kappa shape index (κ3) is 7.55. The van der Waals surface area contributed by atoms with E-state index in [0.29, 0.717) is 11.5 Å². The van der Waals surface area contributed by atoms with Gasteiger partial charge in [0.15, 0.2) is 11.5 Å². The first kappa shape index (κ1) is 25.3. The lowest BCUT2D eigenvalue weighted by atomic mass is 9.69. The number of hydrogen-bond donors (Lipinski definition) is 0. The van der Waals surface area contributed by atoms with E-state index in [4.69, 9.17) is 9.47 Å². The molecule has 0 heterocycles. The first-order valence-electron chi connectivity index (χ1n) is 11.3. The number of unbranched alkanes of at least 4 members (excludes halogenated alkanes) is 5. The summed E-state index contributed by atoms with van der Waals surface area (Å²) < 4.78 is 10.8. The van der Waals surface area contributed by atoms with Crippen molar-refractivity contribution in [3.63, 3.8) is 0 Å². The summed E-state index contributed by atoms with van der Waals surface area (Å²) in [5, 5.41) is 10.2. The zero-order valence-electron chi connectivity index (χ0n) is 19.6. The molecule has 164 valence electrons. The third-order valence-corrected chi connectivity index (χ3v) is 6.09. The maximum absolute atomic E-state index is 10.2. The molecule has 0 fully saturated rings. The number of benzene rings is 1. The van der Waals surface area contributed by atoms with Gasteiger partial charge in [0.25, 0.3) is 0 Å². The van der Waals surface area contributed by atoms with E-state index in [1.807, 2.05) is 18.2 Å². The fourth-order valence-corrected chi connectivity index (χ4v) is 4.03. The summed E-state index contributed by atoms with van der Waals surface area (Å²) in [6.07, 6.45) is 9.82. The van der Waals surface area contributed by atoms with Gasteiger partial charge in [0.1, 0.15) is 0 Å². The summed E-state index contributed by atoms with van der Waals surface area (Å²) in [7, 11) is 5.48. The monoisotopic (exact) mass is 402 g/mol. The van der Waals surface area contributed by atoms with Gasteiger partial charge in [-0.2, -0.15) is 5.26 Å². The highest BCUT2D eigenvalue weighted by atomic mass is 16.5. The van der Waals surface area contributed by atoms with E-state index >= 15 is 0 Å². The van der Waals surface area contributed by atoms with Gasteiger partial charge in [0.05, 0.1) is 25.7 Å². The van der Waals surface area contributed by atoms with E-state index in [1.165, 1.54) is 38.5 Å². The van der Waals surface area contributed by atoms with Crippen LogP contribution in [-0.4, -0.2) is 39.3 Å². The largest absolute Gasteiger partial charge is 0.493 e. The van der Waals surface area contributed by atoms with Gasteiger partial charge in [-0.05, 0) is 63.0 Å². The van der Waals surface area contributed by atoms with Gasteiger partial charge >= 0.3 is 0 Å². The Hall–Kier alpha value is -1.73. The summed E-state index contributed by atoms with van der Waals surface area (Å²) >= 11 is 0. The Morgan fingerprint density at radius 3 is 2.17 bits per heavy atom. The lowest BCUT2D eigenvalue weighted by molar-refractivity contribution is 0.285. The van der Waals surface area contributed by atoms with Crippen molar-refractivity contribution in [1.82, 2.24) is 4.90 Å². The second-order valence-corrected chi connectivity index (χ2v) is 8.48. The molecule has 0 saturated heterocycles. The molecule has 0 aromatic heterocycles. The van der Waals surface area contributed by atoms with Gasteiger partial charge in [0, 0.05) is 0 Å². The van der Waals surface area contributed by atoms with Crippen molar-refractivity contribution >= 4 is 0 Å². The highest BCUT2D eigenvalue weighted by Crippen LogP contribution is 2.40. The van der Waals surface area contributed by atoms with E-state index in [9.17, 15) is 5.26 Å². The fourth-order valence-electron chi connectivity index (χ4n) is 4.03. The Kier molecular flexibility index (Phi) is 11.8. The number of hydrogen-bond acceptors (Lipinski definition) is 4. The van der Waals surface area contributed by atoms with Crippen molar-refractivity contribution < 1.29 is 9.47 Å². The Labute approximate surface area is 179 Å². The van der Waals surface area contributed by atoms with Crippen LogP contribution in [0.2, 0.25) is 0 Å². The van der Waals surface area contributed by atoms with Crippen molar-refractivity contribution in [2.24, 2.45) is 5.92 Å². The molecule has 1 atom stereocenters. The predicted molar refractivity (Wildman–Crippen MR) is 122 cm³/mol. The van der Waals surface area contributed by atoms with E-state index in [0.717, 1.165) is 31.5 Å². The zero-order valence-corrected chi connectivity index (χ0v) is 19.6. The number of ether oxygens (including phenoxy) is 2. The Morgan fingerprint density at radius 1 is 0.966 bits per heavy atom. The van der Waals surface area contributed by atoms with Gasteiger partial charge in [-0.25, -0.2) is 0 Å². The quantitative estimate of drug-likeness (QED) is 0.328. The maximum Gasteiger partial charge on any atom is 0.161 e. The topological polar surface area (TPSA) is 45.5 Å². The van der Waals surface area contributed by atoms with E-state index < -0.39 is 5.41 Å². The third-order valence-electron chi connectivity index (χ3n) is 6.09. The first-order valence-corrected chi connectivity index (χ1v) is 11.3. The Bertz CT molecular complexity index is 624. The highest BCUT2D eigenvalue weighted by Gasteiger charge is 2.36. The van der Waals surface area contributed by atoms with E-state index in [-0.39, 0.29) is 5.92 Å². The summed E-state index contributed by atoms with van der Waals surface area (Å²) in [5.74, 6) is 1.60. The molecular weight excluding hydrogens is 360 g/mol. The molecule has 0 aliphatic rings. The number of nitrogens with zero attached hydrogens (tertiary/aromatic N) is 2. The normalized spacial score (nSPS) is 13.3. The molecule has 1 aromatic rings. The molecule has 0 bridgehead atoms. The minimum absolute atomic E-state index is 0.217. The van der Waals surface area contributed by atoms with Crippen LogP contribution in [0.25, 0.3) is 0 Å². The van der Waals surface area contributed by atoms with E-state index in [1.54, 1.807) is 14.2 Å². The van der Waals surface area contributed by atoms with Crippen LogP contribution < -0.4 is 9.47 Å². The Balaban J connectivity index is 2.67. The smallest absolute Gasteiger partial charge is 0.161 e. The fraction of sp³-hybridized carbons (Fsp3) is 0.720. The van der Waals surface area contributed by atoms with Gasteiger partial charge in [-0.15, -0.1) is 0 Å². The molecule has 0 N–H and O–H groups in total. The van der Waals surface area contributed by atoms with E-state index in [2.05, 4.69) is 38.8 Å².